The first-order valence-electron chi connectivity index (χ1n) is 11.3. The summed E-state index contributed by atoms with van der Waals surface area (Å²) in [5, 5.41) is 16.7. The molecule has 1 aromatic carbocycles. The summed E-state index contributed by atoms with van der Waals surface area (Å²) in [5.74, 6) is 1.50. The first-order chi connectivity index (χ1) is 15.3. The lowest BCUT2D eigenvalue weighted by molar-refractivity contribution is -0.124. The third-order valence-electron chi connectivity index (χ3n) is 5.89. The first-order valence-corrected chi connectivity index (χ1v) is 12.1. The van der Waals surface area contributed by atoms with Crippen LogP contribution in [0, 0.1) is 5.92 Å². The minimum Gasteiger partial charge on any atom is -0.507 e. The Kier molecular flexibility index (Phi) is 10.6. The third kappa shape index (κ3) is 7.59. The number of rotatable bonds is 12. The van der Waals surface area contributed by atoms with Crippen LogP contribution in [0.1, 0.15) is 51.0 Å². The number of aromatic hydroxyl groups is 1. The minimum atomic E-state index is 0.202. The van der Waals surface area contributed by atoms with Crippen LogP contribution in [0.2, 0.25) is 0 Å². The summed E-state index contributed by atoms with van der Waals surface area (Å²) in [7, 11) is 1.97. The molecule has 1 aromatic rings. The normalized spacial score (nSPS) is 15.2. The van der Waals surface area contributed by atoms with Crippen molar-refractivity contribution in [1.29, 1.82) is 0 Å². The van der Waals surface area contributed by atoms with Gasteiger partial charge in [0.2, 0.25) is 5.91 Å². The molecule has 1 fully saturated rings. The van der Waals surface area contributed by atoms with E-state index in [-0.39, 0.29) is 17.6 Å². The number of carbonyl (C=O) groups is 1. The number of amides is 1. The number of phenols is 1. The maximum atomic E-state index is 12.1. The van der Waals surface area contributed by atoms with Crippen molar-refractivity contribution in [2.75, 3.05) is 20.1 Å². The van der Waals surface area contributed by atoms with Crippen LogP contribution in [0.4, 0.5) is 0 Å². The highest BCUT2D eigenvalue weighted by atomic mass is 79.9. The van der Waals surface area contributed by atoms with Crippen molar-refractivity contribution in [1.82, 2.24) is 15.5 Å². The number of nitrogens with one attached hydrogen (secondary N) is 2. The van der Waals surface area contributed by atoms with E-state index in [0.717, 1.165) is 48.2 Å². The van der Waals surface area contributed by atoms with E-state index in [1.54, 1.807) is 18.2 Å². The molecule has 174 valence electrons. The summed E-state index contributed by atoms with van der Waals surface area (Å²) in [6, 6.07) is 7.18. The molecule has 3 N–H and O–H groups in total. The van der Waals surface area contributed by atoms with Gasteiger partial charge in [0.05, 0.1) is 0 Å². The van der Waals surface area contributed by atoms with Gasteiger partial charge in [-0.25, -0.2) is 0 Å². The largest absolute Gasteiger partial charge is 0.507 e. The van der Waals surface area contributed by atoms with Crippen molar-refractivity contribution >= 4 is 27.4 Å². The number of benzene rings is 1. The van der Waals surface area contributed by atoms with Crippen molar-refractivity contribution < 1.29 is 9.90 Å². The van der Waals surface area contributed by atoms with Gasteiger partial charge in [0, 0.05) is 41.8 Å². The zero-order valence-electron chi connectivity index (χ0n) is 19.3. The molecule has 32 heavy (non-hydrogen) atoms. The second kappa shape index (κ2) is 13.2. The number of hydrogen-bond donors (Lipinski definition) is 3. The van der Waals surface area contributed by atoms with Gasteiger partial charge >= 0.3 is 0 Å². The molecule has 0 aromatic heterocycles. The lowest BCUT2D eigenvalue weighted by Gasteiger charge is -2.26. The van der Waals surface area contributed by atoms with Crippen molar-refractivity contribution in [3.63, 3.8) is 0 Å². The molecule has 1 aliphatic rings. The van der Waals surface area contributed by atoms with Crippen LogP contribution < -0.4 is 10.6 Å². The minimum absolute atomic E-state index is 0.202. The number of nitrogens with zero attached hydrogens (tertiary/aromatic N) is 1. The Hall–Kier alpha value is -2.47. The molecule has 1 saturated carbocycles. The van der Waals surface area contributed by atoms with Gasteiger partial charge in [-0.05, 0) is 66.3 Å². The Morgan fingerprint density at radius 1 is 1.22 bits per heavy atom. The molecule has 0 radical (unpaired) electrons. The maximum Gasteiger partial charge on any atom is 0.223 e. The predicted molar refractivity (Wildman–Crippen MR) is 137 cm³/mol. The van der Waals surface area contributed by atoms with Gasteiger partial charge in [-0.3, -0.25) is 4.79 Å². The van der Waals surface area contributed by atoms with Crippen LogP contribution in [0.5, 0.6) is 5.75 Å². The van der Waals surface area contributed by atoms with Gasteiger partial charge in [-0.1, -0.05) is 50.3 Å². The Morgan fingerprint density at radius 3 is 2.47 bits per heavy atom. The van der Waals surface area contributed by atoms with Gasteiger partial charge in [-0.2, -0.15) is 0 Å². The fourth-order valence-electron chi connectivity index (χ4n) is 3.75. The van der Waals surface area contributed by atoms with Crippen molar-refractivity contribution in [3.05, 3.63) is 71.1 Å². The Balaban J connectivity index is 1.97. The monoisotopic (exact) mass is 501 g/mol. The second-order valence-corrected chi connectivity index (χ2v) is 9.03. The highest BCUT2D eigenvalue weighted by Gasteiger charge is 2.21. The highest BCUT2D eigenvalue weighted by Crippen LogP contribution is 2.27. The first kappa shape index (κ1) is 25.8. The molecule has 0 spiro atoms. The van der Waals surface area contributed by atoms with Crippen molar-refractivity contribution in [3.8, 4) is 5.75 Å². The number of hydrogen-bond acceptors (Lipinski definition) is 4. The lowest BCUT2D eigenvalue weighted by Crippen LogP contribution is -2.31. The van der Waals surface area contributed by atoms with E-state index in [2.05, 4.69) is 39.7 Å². The van der Waals surface area contributed by atoms with Crippen molar-refractivity contribution in [2.24, 2.45) is 5.92 Å². The van der Waals surface area contributed by atoms with Crippen LogP contribution in [0.25, 0.3) is 5.57 Å². The summed E-state index contributed by atoms with van der Waals surface area (Å²) in [4.78, 5) is 14.2. The third-order valence-corrected chi connectivity index (χ3v) is 6.78. The predicted octanol–water partition coefficient (Wildman–Crippen LogP) is 5.67. The quantitative estimate of drug-likeness (QED) is 0.255. The van der Waals surface area contributed by atoms with E-state index in [4.69, 9.17) is 0 Å². The summed E-state index contributed by atoms with van der Waals surface area (Å²) in [6.45, 7) is 11.4. The molecule has 0 aliphatic heterocycles. The average Bonchev–Trinajstić information content (AvgIpc) is 3.34. The van der Waals surface area contributed by atoms with E-state index in [0.29, 0.717) is 17.7 Å². The number of carbonyl (C=O) groups excluding carboxylic acids is 1. The molecule has 0 saturated heterocycles. The van der Waals surface area contributed by atoms with E-state index < -0.39 is 0 Å². The SMILES string of the molecule is C=C/C(Br)=C(/C)N(C)/C(=C\C(=C)c1ccccc1O)NCCCCNC(=O)C1CCCC1. The molecule has 5 nitrogen and oxygen atoms in total. The lowest BCUT2D eigenvalue weighted by atomic mass is 10.1. The van der Waals surface area contributed by atoms with Crippen molar-refractivity contribution in [2.45, 2.75) is 45.4 Å². The smallest absolute Gasteiger partial charge is 0.223 e. The molecule has 0 atom stereocenters. The molecule has 2 rings (SSSR count). The molecule has 0 heterocycles. The van der Waals surface area contributed by atoms with Gasteiger partial charge in [0.1, 0.15) is 11.6 Å². The number of halogens is 1. The molecule has 6 heteroatoms. The molecule has 1 amide bonds. The average molecular weight is 502 g/mol. The highest BCUT2D eigenvalue weighted by molar-refractivity contribution is 9.11. The van der Waals surface area contributed by atoms with Crippen LogP contribution in [-0.2, 0) is 4.79 Å². The van der Waals surface area contributed by atoms with Gasteiger partial charge in [0.15, 0.2) is 0 Å². The number of allylic oxidation sites excluding steroid dienone is 5. The summed E-state index contributed by atoms with van der Waals surface area (Å²) in [6.07, 6.45) is 9.93. The van der Waals surface area contributed by atoms with E-state index in [9.17, 15) is 9.90 Å². The molecular weight excluding hydrogens is 466 g/mol. The zero-order valence-corrected chi connectivity index (χ0v) is 20.9. The molecule has 1 aliphatic carbocycles. The Bertz CT molecular complexity index is 870. The Labute approximate surface area is 201 Å². The summed E-state index contributed by atoms with van der Waals surface area (Å²) in [5.41, 5.74) is 2.40. The van der Waals surface area contributed by atoms with Crippen LogP contribution in [0.3, 0.4) is 0 Å². The Morgan fingerprint density at radius 2 is 1.84 bits per heavy atom. The molecule has 0 unspecified atom stereocenters. The van der Waals surface area contributed by atoms with E-state index in [1.165, 1.54) is 12.8 Å². The topological polar surface area (TPSA) is 64.6 Å². The second-order valence-electron chi connectivity index (χ2n) is 8.17. The van der Waals surface area contributed by atoms with E-state index in [1.807, 2.05) is 37.1 Å². The van der Waals surface area contributed by atoms with Gasteiger partial charge in [0.25, 0.3) is 0 Å². The van der Waals surface area contributed by atoms with Crippen LogP contribution in [-0.4, -0.2) is 36.1 Å². The number of unbranched alkanes of at least 4 members (excludes halogenated alkanes) is 1. The molecule has 0 bridgehead atoms. The summed E-state index contributed by atoms with van der Waals surface area (Å²) < 4.78 is 0.899. The van der Waals surface area contributed by atoms with E-state index >= 15 is 0 Å². The standard InChI is InChI=1S/C26H36BrN3O2/c1-5-23(27)20(3)30(4)25(18-19(2)22-14-8-9-15-24(22)31)28-16-10-11-17-29-26(32)21-12-6-7-13-21/h5,8-9,14-15,18,21,28,31H,1-2,6-7,10-13,16-17H2,3-4H3,(H,29,32)/b23-20+,25-18-. The fourth-order valence-corrected chi connectivity index (χ4v) is 4.02. The maximum absolute atomic E-state index is 12.1. The van der Waals surface area contributed by atoms with Gasteiger partial charge in [-0.15, -0.1) is 0 Å². The van der Waals surface area contributed by atoms with Crippen LogP contribution in [0.15, 0.2) is 65.6 Å². The fraction of sp³-hybridized carbons (Fsp3) is 0.423. The van der Waals surface area contributed by atoms with Gasteiger partial charge < -0.3 is 20.6 Å². The van der Waals surface area contributed by atoms with Crippen LogP contribution >= 0.6 is 15.9 Å². The summed E-state index contributed by atoms with van der Waals surface area (Å²) >= 11 is 3.54. The zero-order chi connectivity index (χ0) is 23.5. The molecular formula is C26H36BrN3O2. The number of para-hydroxylation sites is 1. The number of phenolic OH excluding ortho intramolecular Hbond substituents is 1.